The molecule has 4 bridgehead atoms. The fraction of sp³-hybridized carbons (Fsp3) is 0.938. The molecular weight excluding hydrogens is 236 g/mol. The van der Waals surface area contributed by atoms with Crippen LogP contribution < -0.4 is 10.6 Å². The number of hydrogen-bond acceptors (Lipinski definition) is 2. The third-order valence-corrected chi connectivity index (χ3v) is 5.39. The molecule has 108 valence electrons. The number of rotatable bonds is 4. The highest BCUT2D eigenvalue weighted by Crippen LogP contribution is 2.55. The molecule has 0 saturated heterocycles. The summed E-state index contributed by atoms with van der Waals surface area (Å²) >= 11 is 0. The smallest absolute Gasteiger partial charge is 0.237 e. The van der Waals surface area contributed by atoms with E-state index in [1.807, 2.05) is 20.8 Å². The lowest BCUT2D eigenvalue weighted by molar-refractivity contribution is -0.125. The van der Waals surface area contributed by atoms with E-state index in [9.17, 15) is 4.79 Å². The van der Waals surface area contributed by atoms with Crippen molar-refractivity contribution < 1.29 is 4.79 Å². The predicted octanol–water partition coefficient (Wildman–Crippen LogP) is 2.46. The molecule has 0 aliphatic heterocycles. The molecule has 0 radical (unpaired) electrons. The van der Waals surface area contributed by atoms with E-state index in [4.69, 9.17) is 0 Å². The van der Waals surface area contributed by atoms with Gasteiger partial charge in [0.05, 0.1) is 6.04 Å². The van der Waals surface area contributed by atoms with Gasteiger partial charge >= 0.3 is 0 Å². The van der Waals surface area contributed by atoms with E-state index in [1.54, 1.807) is 0 Å². The highest BCUT2D eigenvalue weighted by molar-refractivity contribution is 5.81. The Hall–Kier alpha value is -0.570. The van der Waals surface area contributed by atoms with Crippen molar-refractivity contribution in [2.24, 2.45) is 17.8 Å². The van der Waals surface area contributed by atoms with Crippen molar-refractivity contribution in [3.63, 3.8) is 0 Å². The Kier molecular flexibility index (Phi) is 3.36. The van der Waals surface area contributed by atoms with Crippen LogP contribution in [-0.2, 0) is 4.79 Å². The average molecular weight is 264 g/mol. The lowest BCUT2D eigenvalue weighted by Gasteiger charge is -2.57. The molecule has 3 heteroatoms. The summed E-state index contributed by atoms with van der Waals surface area (Å²) in [5.41, 5.74) is 0.280. The van der Waals surface area contributed by atoms with Crippen LogP contribution in [0.3, 0.4) is 0 Å². The van der Waals surface area contributed by atoms with Crippen LogP contribution >= 0.6 is 0 Å². The molecule has 4 aliphatic rings. The Labute approximate surface area is 116 Å². The topological polar surface area (TPSA) is 41.1 Å². The minimum atomic E-state index is -0.0568. The van der Waals surface area contributed by atoms with Crippen molar-refractivity contribution in [3.8, 4) is 0 Å². The molecule has 4 aliphatic carbocycles. The van der Waals surface area contributed by atoms with Crippen LogP contribution in [0.25, 0.3) is 0 Å². The van der Waals surface area contributed by atoms with Crippen LogP contribution in [0.1, 0.15) is 59.3 Å². The van der Waals surface area contributed by atoms with Gasteiger partial charge < -0.3 is 10.6 Å². The fourth-order valence-corrected chi connectivity index (χ4v) is 5.22. The molecule has 0 spiro atoms. The van der Waals surface area contributed by atoms with Crippen LogP contribution in [-0.4, -0.2) is 23.5 Å². The van der Waals surface area contributed by atoms with Crippen LogP contribution in [0.2, 0.25) is 0 Å². The Morgan fingerprint density at radius 3 is 1.89 bits per heavy atom. The molecule has 4 rings (SSSR count). The first-order chi connectivity index (χ1) is 8.96. The van der Waals surface area contributed by atoms with Gasteiger partial charge in [0.1, 0.15) is 0 Å². The summed E-state index contributed by atoms with van der Waals surface area (Å²) in [6.45, 7) is 6.07. The summed E-state index contributed by atoms with van der Waals surface area (Å²) in [6.07, 6.45) is 8.27. The van der Waals surface area contributed by atoms with Gasteiger partial charge in [-0.2, -0.15) is 0 Å². The first-order valence-electron chi connectivity index (χ1n) is 8.04. The maximum atomic E-state index is 12.1. The van der Waals surface area contributed by atoms with E-state index in [2.05, 4.69) is 10.6 Å². The molecule has 0 aromatic rings. The first kappa shape index (κ1) is 13.4. The zero-order valence-corrected chi connectivity index (χ0v) is 12.5. The molecule has 3 nitrogen and oxygen atoms in total. The predicted molar refractivity (Wildman–Crippen MR) is 76.8 cm³/mol. The summed E-state index contributed by atoms with van der Waals surface area (Å²) in [5.74, 6) is 2.95. The lowest BCUT2D eigenvalue weighted by atomic mass is 9.53. The molecule has 0 aromatic heterocycles. The molecule has 4 fully saturated rings. The lowest BCUT2D eigenvalue weighted by Crippen LogP contribution is -2.62. The summed E-state index contributed by atoms with van der Waals surface area (Å²) in [4.78, 5) is 12.1. The van der Waals surface area contributed by atoms with Gasteiger partial charge in [0.25, 0.3) is 0 Å². The van der Waals surface area contributed by atoms with Crippen molar-refractivity contribution in [1.82, 2.24) is 10.6 Å². The van der Waals surface area contributed by atoms with Gasteiger partial charge in [-0.3, -0.25) is 4.79 Å². The third-order valence-electron chi connectivity index (χ3n) is 5.39. The summed E-state index contributed by atoms with van der Waals surface area (Å²) < 4.78 is 0. The highest BCUT2D eigenvalue weighted by atomic mass is 16.2. The SMILES string of the molecule is CC(C)NC(=O)[C@H](C)NC12CC3CC(CC(C3)C1)C2. The van der Waals surface area contributed by atoms with Crippen LogP contribution in [0.4, 0.5) is 0 Å². The van der Waals surface area contributed by atoms with E-state index in [1.165, 1.54) is 38.5 Å². The van der Waals surface area contributed by atoms with Gasteiger partial charge in [-0.25, -0.2) is 0 Å². The van der Waals surface area contributed by atoms with Gasteiger partial charge in [-0.1, -0.05) is 0 Å². The van der Waals surface area contributed by atoms with Crippen LogP contribution in [0.15, 0.2) is 0 Å². The van der Waals surface area contributed by atoms with E-state index < -0.39 is 0 Å². The summed E-state index contributed by atoms with van der Waals surface area (Å²) in [5, 5.41) is 6.74. The van der Waals surface area contributed by atoms with Crippen molar-refractivity contribution in [2.45, 2.75) is 76.9 Å². The van der Waals surface area contributed by atoms with E-state index in [-0.39, 0.29) is 23.5 Å². The maximum Gasteiger partial charge on any atom is 0.237 e. The fourth-order valence-electron chi connectivity index (χ4n) is 5.22. The third kappa shape index (κ3) is 2.67. The van der Waals surface area contributed by atoms with Gasteiger partial charge in [-0.05, 0) is 77.0 Å². The summed E-state index contributed by atoms with van der Waals surface area (Å²) in [6, 6.07) is 0.173. The van der Waals surface area contributed by atoms with Crippen molar-refractivity contribution in [2.75, 3.05) is 0 Å². The molecule has 1 atom stereocenters. The molecule has 0 heterocycles. The zero-order chi connectivity index (χ0) is 13.6. The second kappa shape index (κ2) is 4.76. The normalized spacial score (nSPS) is 41.6. The van der Waals surface area contributed by atoms with Gasteiger partial charge in [0.15, 0.2) is 0 Å². The summed E-state index contributed by atoms with van der Waals surface area (Å²) in [7, 11) is 0. The minimum absolute atomic E-state index is 0.0568. The van der Waals surface area contributed by atoms with E-state index in [0.29, 0.717) is 0 Å². The largest absolute Gasteiger partial charge is 0.353 e. The average Bonchev–Trinajstić information content (AvgIpc) is 2.24. The maximum absolute atomic E-state index is 12.1. The number of hydrogen-bond donors (Lipinski definition) is 2. The Balaban J connectivity index is 1.64. The van der Waals surface area contributed by atoms with Crippen molar-refractivity contribution >= 4 is 5.91 Å². The van der Waals surface area contributed by atoms with Crippen molar-refractivity contribution in [1.29, 1.82) is 0 Å². The second-order valence-electron chi connectivity index (χ2n) is 7.73. The Morgan fingerprint density at radius 2 is 1.47 bits per heavy atom. The minimum Gasteiger partial charge on any atom is -0.353 e. The second-order valence-corrected chi connectivity index (χ2v) is 7.73. The molecule has 0 aromatic carbocycles. The van der Waals surface area contributed by atoms with E-state index in [0.717, 1.165) is 17.8 Å². The van der Waals surface area contributed by atoms with E-state index >= 15 is 0 Å². The van der Waals surface area contributed by atoms with Gasteiger partial charge in [0.2, 0.25) is 5.91 Å². The monoisotopic (exact) mass is 264 g/mol. The van der Waals surface area contributed by atoms with Crippen molar-refractivity contribution in [3.05, 3.63) is 0 Å². The number of carbonyl (C=O) groups is 1. The Morgan fingerprint density at radius 1 is 1.00 bits per heavy atom. The zero-order valence-electron chi connectivity index (χ0n) is 12.5. The Bertz CT molecular complexity index is 328. The van der Waals surface area contributed by atoms with Crippen LogP contribution in [0, 0.1) is 17.8 Å². The standard InChI is InChI=1S/C16H28N2O/c1-10(2)17-15(19)11(3)18-16-7-12-4-13(8-16)6-14(5-12)9-16/h10-14,18H,4-9H2,1-3H3,(H,17,19)/t11-,12?,13?,14?,16?/m0/s1. The number of amides is 1. The molecule has 1 amide bonds. The first-order valence-corrected chi connectivity index (χ1v) is 8.04. The molecule has 4 saturated carbocycles. The van der Waals surface area contributed by atoms with Gasteiger partial charge in [0, 0.05) is 11.6 Å². The number of carbonyl (C=O) groups excluding carboxylic acids is 1. The molecule has 2 N–H and O–H groups in total. The number of nitrogens with one attached hydrogen (secondary N) is 2. The van der Waals surface area contributed by atoms with Crippen LogP contribution in [0.5, 0.6) is 0 Å². The molecule has 19 heavy (non-hydrogen) atoms. The molecular formula is C16H28N2O. The highest BCUT2D eigenvalue weighted by Gasteiger charge is 2.51. The van der Waals surface area contributed by atoms with Gasteiger partial charge in [-0.15, -0.1) is 0 Å². The quantitative estimate of drug-likeness (QED) is 0.819. The molecule has 0 unspecified atom stereocenters.